The molecule has 6 nitrogen and oxygen atoms in total. The molecular formula is C14H21NO5S. The van der Waals surface area contributed by atoms with Gasteiger partial charge in [0.1, 0.15) is 0 Å². The van der Waals surface area contributed by atoms with Crippen molar-refractivity contribution in [2.24, 2.45) is 0 Å². The second kappa shape index (κ2) is 8.76. The van der Waals surface area contributed by atoms with Gasteiger partial charge in [-0.15, -0.1) is 0 Å². The van der Waals surface area contributed by atoms with E-state index in [2.05, 4.69) is 4.72 Å². The van der Waals surface area contributed by atoms with Gasteiger partial charge in [0, 0.05) is 19.6 Å². The molecule has 7 heteroatoms. The Bertz CT molecular complexity index is 539. The SMILES string of the molecule is O=C(O)CCc1ccc(S(=O)(=O)NCCCCCO)cc1. The summed E-state index contributed by atoms with van der Waals surface area (Å²) in [6.07, 6.45) is 2.52. The van der Waals surface area contributed by atoms with Crippen molar-refractivity contribution < 1.29 is 23.4 Å². The van der Waals surface area contributed by atoms with E-state index in [-0.39, 0.29) is 17.9 Å². The van der Waals surface area contributed by atoms with Gasteiger partial charge >= 0.3 is 5.97 Å². The highest BCUT2D eigenvalue weighted by Crippen LogP contribution is 2.12. The summed E-state index contributed by atoms with van der Waals surface area (Å²) in [5, 5.41) is 17.2. The van der Waals surface area contributed by atoms with Gasteiger partial charge in [-0.05, 0) is 43.4 Å². The number of sulfonamides is 1. The number of nitrogens with one attached hydrogen (secondary N) is 1. The first-order valence-corrected chi connectivity index (χ1v) is 8.35. The van der Waals surface area contributed by atoms with Gasteiger partial charge in [0.25, 0.3) is 0 Å². The van der Waals surface area contributed by atoms with Crippen LogP contribution in [0.15, 0.2) is 29.2 Å². The topological polar surface area (TPSA) is 104 Å². The van der Waals surface area contributed by atoms with Crippen molar-refractivity contribution in [3.63, 3.8) is 0 Å². The molecule has 0 aliphatic carbocycles. The third-order valence-corrected chi connectivity index (χ3v) is 4.47. The molecule has 0 spiro atoms. The molecule has 0 aliphatic rings. The molecule has 0 saturated heterocycles. The summed E-state index contributed by atoms with van der Waals surface area (Å²) in [5.74, 6) is -0.878. The zero-order valence-electron chi connectivity index (χ0n) is 11.8. The number of hydrogen-bond donors (Lipinski definition) is 3. The zero-order valence-corrected chi connectivity index (χ0v) is 12.6. The number of aryl methyl sites for hydroxylation is 1. The van der Waals surface area contributed by atoms with Gasteiger partial charge in [-0.3, -0.25) is 4.79 Å². The molecule has 0 saturated carbocycles. The fourth-order valence-corrected chi connectivity index (χ4v) is 2.86. The lowest BCUT2D eigenvalue weighted by Gasteiger charge is -2.07. The maximum absolute atomic E-state index is 12.0. The van der Waals surface area contributed by atoms with Crippen LogP contribution >= 0.6 is 0 Å². The molecule has 0 aromatic heterocycles. The van der Waals surface area contributed by atoms with E-state index in [4.69, 9.17) is 10.2 Å². The standard InChI is InChI=1S/C14H21NO5S/c16-11-3-1-2-10-15-21(19,20)13-7-4-12(5-8-13)6-9-14(17)18/h4-5,7-8,15-16H,1-3,6,9-11H2,(H,17,18). The van der Waals surface area contributed by atoms with Gasteiger partial charge in [0.15, 0.2) is 0 Å². The molecule has 1 aromatic rings. The molecule has 21 heavy (non-hydrogen) atoms. The fraction of sp³-hybridized carbons (Fsp3) is 0.500. The van der Waals surface area contributed by atoms with E-state index in [0.29, 0.717) is 25.8 Å². The van der Waals surface area contributed by atoms with Crippen molar-refractivity contribution in [3.8, 4) is 0 Å². The lowest BCUT2D eigenvalue weighted by molar-refractivity contribution is -0.136. The van der Waals surface area contributed by atoms with Crippen LogP contribution in [0.4, 0.5) is 0 Å². The van der Waals surface area contributed by atoms with Crippen molar-refractivity contribution in [2.75, 3.05) is 13.2 Å². The Hall–Kier alpha value is -1.44. The number of rotatable bonds is 10. The van der Waals surface area contributed by atoms with Crippen LogP contribution in [-0.4, -0.2) is 37.8 Å². The highest BCUT2D eigenvalue weighted by Gasteiger charge is 2.12. The number of aliphatic carboxylic acids is 1. The molecule has 1 rings (SSSR count). The molecule has 0 atom stereocenters. The number of carboxylic acids is 1. The summed E-state index contributed by atoms with van der Waals surface area (Å²) < 4.78 is 26.5. The first-order valence-electron chi connectivity index (χ1n) is 6.87. The van der Waals surface area contributed by atoms with Crippen LogP contribution in [0.2, 0.25) is 0 Å². The van der Waals surface area contributed by atoms with E-state index in [9.17, 15) is 13.2 Å². The number of carboxylic acid groups (broad SMARTS) is 1. The molecular weight excluding hydrogens is 294 g/mol. The molecule has 0 radical (unpaired) electrons. The quantitative estimate of drug-likeness (QED) is 0.562. The van der Waals surface area contributed by atoms with Crippen LogP contribution in [0.25, 0.3) is 0 Å². The number of hydrogen-bond acceptors (Lipinski definition) is 4. The summed E-state index contributed by atoms with van der Waals surface area (Å²) >= 11 is 0. The van der Waals surface area contributed by atoms with Crippen LogP contribution in [0, 0.1) is 0 Å². The largest absolute Gasteiger partial charge is 0.481 e. The summed E-state index contributed by atoms with van der Waals surface area (Å²) in [4.78, 5) is 10.6. The average molecular weight is 315 g/mol. The fourth-order valence-electron chi connectivity index (χ4n) is 1.79. The Morgan fingerprint density at radius 2 is 1.76 bits per heavy atom. The number of unbranched alkanes of at least 4 members (excludes halogenated alkanes) is 2. The minimum atomic E-state index is -3.52. The highest BCUT2D eigenvalue weighted by atomic mass is 32.2. The minimum Gasteiger partial charge on any atom is -0.481 e. The number of aliphatic hydroxyl groups is 1. The second-order valence-electron chi connectivity index (χ2n) is 4.72. The Kier molecular flexibility index (Phi) is 7.35. The normalized spacial score (nSPS) is 11.5. The van der Waals surface area contributed by atoms with Crippen LogP contribution in [-0.2, 0) is 21.2 Å². The maximum Gasteiger partial charge on any atom is 0.303 e. The Morgan fingerprint density at radius 3 is 2.33 bits per heavy atom. The van der Waals surface area contributed by atoms with E-state index in [0.717, 1.165) is 12.0 Å². The molecule has 0 amide bonds. The Balaban J connectivity index is 2.52. The van der Waals surface area contributed by atoms with Gasteiger partial charge in [-0.1, -0.05) is 12.1 Å². The molecule has 0 bridgehead atoms. The van der Waals surface area contributed by atoms with E-state index in [1.54, 1.807) is 12.1 Å². The van der Waals surface area contributed by atoms with Crippen LogP contribution in [0.3, 0.4) is 0 Å². The van der Waals surface area contributed by atoms with Gasteiger partial charge in [0.2, 0.25) is 10.0 Å². The summed E-state index contributed by atoms with van der Waals surface area (Å²) in [7, 11) is -3.52. The number of carbonyl (C=O) groups is 1. The summed E-state index contributed by atoms with van der Waals surface area (Å²) in [6.45, 7) is 0.452. The lowest BCUT2D eigenvalue weighted by atomic mass is 10.1. The Morgan fingerprint density at radius 1 is 1.10 bits per heavy atom. The van der Waals surface area contributed by atoms with Crippen molar-refractivity contribution in [2.45, 2.75) is 37.0 Å². The smallest absolute Gasteiger partial charge is 0.303 e. The monoisotopic (exact) mass is 315 g/mol. The average Bonchev–Trinajstić information content (AvgIpc) is 2.45. The van der Waals surface area contributed by atoms with E-state index < -0.39 is 16.0 Å². The maximum atomic E-state index is 12.0. The van der Waals surface area contributed by atoms with Crippen molar-refractivity contribution in [1.82, 2.24) is 4.72 Å². The number of benzene rings is 1. The van der Waals surface area contributed by atoms with Gasteiger partial charge < -0.3 is 10.2 Å². The van der Waals surface area contributed by atoms with Gasteiger partial charge in [0.05, 0.1) is 4.90 Å². The Labute approximate surface area is 124 Å². The lowest BCUT2D eigenvalue weighted by Crippen LogP contribution is -2.24. The minimum absolute atomic E-state index is 0.0230. The molecule has 0 unspecified atom stereocenters. The van der Waals surface area contributed by atoms with Crippen LogP contribution in [0.1, 0.15) is 31.2 Å². The molecule has 118 valence electrons. The summed E-state index contributed by atoms with van der Waals surface area (Å²) in [6, 6.07) is 6.22. The second-order valence-corrected chi connectivity index (χ2v) is 6.49. The predicted molar refractivity (Wildman–Crippen MR) is 78.5 cm³/mol. The molecule has 0 aliphatic heterocycles. The summed E-state index contributed by atoms with van der Waals surface area (Å²) in [5.41, 5.74) is 0.791. The van der Waals surface area contributed by atoms with Crippen molar-refractivity contribution in [1.29, 1.82) is 0 Å². The zero-order chi connectivity index (χ0) is 15.7. The molecule has 0 heterocycles. The third kappa shape index (κ3) is 6.70. The molecule has 3 N–H and O–H groups in total. The van der Waals surface area contributed by atoms with Gasteiger partial charge in [-0.25, -0.2) is 13.1 Å². The van der Waals surface area contributed by atoms with E-state index in [1.165, 1.54) is 12.1 Å². The highest BCUT2D eigenvalue weighted by molar-refractivity contribution is 7.89. The molecule has 1 aromatic carbocycles. The van der Waals surface area contributed by atoms with Crippen LogP contribution < -0.4 is 4.72 Å². The van der Waals surface area contributed by atoms with Crippen molar-refractivity contribution in [3.05, 3.63) is 29.8 Å². The van der Waals surface area contributed by atoms with Gasteiger partial charge in [-0.2, -0.15) is 0 Å². The van der Waals surface area contributed by atoms with Crippen molar-refractivity contribution >= 4 is 16.0 Å². The van der Waals surface area contributed by atoms with E-state index in [1.807, 2.05) is 0 Å². The third-order valence-electron chi connectivity index (χ3n) is 2.99. The first-order chi connectivity index (χ1) is 9.95. The molecule has 0 fully saturated rings. The first kappa shape index (κ1) is 17.6. The van der Waals surface area contributed by atoms with E-state index >= 15 is 0 Å². The number of aliphatic hydroxyl groups excluding tert-OH is 1. The van der Waals surface area contributed by atoms with Crippen LogP contribution in [0.5, 0.6) is 0 Å². The predicted octanol–water partition coefficient (Wildman–Crippen LogP) is 1.14.